The van der Waals surface area contributed by atoms with Gasteiger partial charge in [-0.1, -0.05) is 54.6 Å². The second-order valence-electron chi connectivity index (χ2n) is 7.23. The lowest BCUT2D eigenvalue weighted by atomic mass is 10.2. The van der Waals surface area contributed by atoms with Gasteiger partial charge in [0.15, 0.2) is 0 Å². The Balaban J connectivity index is 1.24. The quantitative estimate of drug-likeness (QED) is 0.407. The van der Waals surface area contributed by atoms with Gasteiger partial charge in [-0.3, -0.25) is 4.79 Å². The van der Waals surface area contributed by atoms with Crippen LogP contribution in [-0.2, 0) is 13.2 Å². The van der Waals surface area contributed by atoms with E-state index in [1.807, 2.05) is 78.9 Å². The molecule has 0 unspecified atom stereocenters. The number of nitrogens with zero attached hydrogens (tertiary/aromatic N) is 2. The van der Waals surface area contributed by atoms with Crippen LogP contribution in [0.4, 0.5) is 0 Å². The first-order chi connectivity index (χ1) is 15.3. The van der Waals surface area contributed by atoms with Gasteiger partial charge in [0.25, 0.3) is 5.56 Å². The summed E-state index contributed by atoms with van der Waals surface area (Å²) in [6.45, 7) is 0.673. The summed E-state index contributed by atoms with van der Waals surface area (Å²) in [5, 5.41) is 2.06. The summed E-state index contributed by atoms with van der Waals surface area (Å²) < 4.78 is 7.22. The van der Waals surface area contributed by atoms with Gasteiger partial charge in [0.05, 0.1) is 16.7 Å². The molecule has 0 aliphatic carbocycles. The zero-order valence-electron chi connectivity index (χ0n) is 16.8. The predicted octanol–water partition coefficient (Wildman–Crippen LogP) is 4.76. The number of pyridine rings is 2. The highest BCUT2D eigenvalue weighted by atomic mass is 16.7. The van der Waals surface area contributed by atoms with E-state index in [0.717, 1.165) is 38.8 Å². The van der Waals surface area contributed by atoms with Crippen LogP contribution in [0.25, 0.3) is 21.8 Å². The van der Waals surface area contributed by atoms with Crippen molar-refractivity contribution in [3.05, 3.63) is 119 Å². The summed E-state index contributed by atoms with van der Waals surface area (Å²) in [5.74, 6) is 0.751. The largest absolute Gasteiger partial charge is 0.487 e. The van der Waals surface area contributed by atoms with Gasteiger partial charge in [-0.25, -0.2) is 4.98 Å². The van der Waals surface area contributed by atoms with E-state index >= 15 is 0 Å². The minimum atomic E-state index is -0.193. The summed E-state index contributed by atoms with van der Waals surface area (Å²) in [7, 11) is 0. The Morgan fingerprint density at radius 1 is 0.710 bits per heavy atom. The molecule has 0 saturated heterocycles. The maximum atomic E-state index is 12.2. The Kier molecular flexibility index (Phi) is 5.07. The molecule has 0 fully saturated rings. The number of hydrogen-bond acceptors (Lipinski definition) is 4. The van der Waals surface area contributed by atoms with Gasteiger partial charge in [0.1, 0.15) is 19.0 Å². The lowest BCUT2D eigenvalue weighted by molar-refractivity contribution is 0.0992. The number of aromatic nitrogens is 2. The molecular formula is C26H20N2O3. The monoisotopic (exact) mass is 408 g/mol. The van der Waals surface area contributed by atoms with Crippen molar-refractivity contribution in [3.63, 3.8) is 0 Å². The van der Waals surface area contributed by atoms with Gasteiger partial charge < -0.3 is 9.57 Å². The van der Waals surface area contributed by atoms with E-state index in [0.29, 0.717) is 6.61 Å². The van der Waals surface area contributed by atoms with Crippen LogP contribution in [0.5, 0.6) is 5.75 Å². The van der Waals surface area contributed by atoms with Crippen molar-refractivity contribution >= 4 is 21.8 Å². The molecular weight excluding hydrogens is 388 g/mol. The molecule has 5 heteroatoms. The maximum Gasteiger partial charge on any atom is 0.283 e. The molecule has 0 spiro atoms. The van der Waals surface area contributed by atoms with Crippen molar-refractivity contribution < 1.29 is 9.57 Å². The first-order valence-corrected chi connectivity index (χ1v) is 10.1. The van der Waals surface area contributed by atoms with E-state index in [-0.39, 0.29) is 12.2 Å². The van der Waals surface area contributed by atoms with E-state index < -0.39 is 0 Å². The molecule has 0 bridgehead atoms. The number of rotatable bonds is 6. The summed E-state index contributed by atoms with van der Waals surface area (Å²) in [5.41, 5.74) is 3.33. The zero-order valence-corrected chi connectivity index (χ0v) is 16.8. The van der Waals surface area contributed by atoms with Crippen molar-refractivity contribution in [1.29, 1.82) is 0 Å². The molecule has 2 heterocycles. The molecule has 5 rings (SSSR count). The van der Waals surface area contributed by atoms with Crippen LogP contribution in [0, 0.1) is 0 Å². The van der Waals surface area contributed by atoms with Crippen molar-refractivity contribution in [2.75, 3.05) is 0 Å². The third kappa shape index (κ3) is 4.12. The minimum absolute atomic E-state index is 0.193. The summed E-state index contributed by atoms with van der Waals surface area (Å²) in [6, 6.07) is 30.7. The average molecular weight is 408 g/mol. The van der Waals surface area contributed by atoms with Crippen molar-refractivity contribution in [1.82, 2.24) is 9.71 Å². The highest BCUT2D eigenvalue weighted by molar-refractivity contribution is 5.79. The van der Waals surface area contributed by atoms with Gasteiger partial charge in [0, 0.05) is 16.8 Å². The SMILES string of the molecule is O=c1ccc2ccccc2n1OCc1ccc(OCc2ccc3ccccc3n2)cc1. The Morgan fingerprint density at radius 3 is 2.32 bits per heavy atom. The lowest BCUT2D eigenvalue weighted by Crippen LogP contribution is -2.26. The molecule has 0 radical (unpaired) electrons. The first kappa shape index (κ1) is 18.9. The Hall–Kier alpha value is -4.12. The Bertz CT molecular complexity index is 1410. The van der Waals surface area contributed by atoms with Gasteiger partial charge in [-0.05, 0) is 42.0 Å². The third-order valence-electron chi connectivity index (χ3n) is 5.09. The first-order valence-electron chi connectivity index (χ1n) is 10.1. The van der Waals surface area contributed by atoms with Crippen LogP contribution in [0.2, 0.25) is 0 Å². The standard InChI is InChI=1S/C26H20N2O3/c29-26-16-12-21-6-2-4-8-25(21)28(26)31-17-19-9-14-23(15-10-19)30-18-22-13-11-20-5-1-3-7-24(20)27-22/h1-16H,17-18H2. The fourth-order valence-corrected chi connectivity index (χ4v) is 3.46. The van der Waals surface area contributed by atoms with Crippen molar-refractivity contribution in [3.8, 4) is 5.75 Å². The molecule has 5 nitrogen and oxygen atoms in total. The summed E-state index contributed by atoms with van der Waals surface area (Å²) in [6.07, 6.45) is 0. The second kappa shape index (κ2) is 8.32. The van der Waals surface area contributed by atoms with E-state index in [9.17, 15) is 4.79 Å². The van der Waals surface area contributed by atoms with E-state index in [1.54, 1.807) is 6.07 Å². The fourth-order valence-electron chi connectivity index (χ4n) is 3.46. The molecule has 3 aromatic carbocycles. The molecule has 152 valence electrons. The van der Waals surface area contributed by atoms with Crippen molar-refractivity contribution in [2.45, 2.75) is 13.2 Å². The van der Waals surface area contributed by atoms with E-state index in [1.165, 1.54) is 10.8 Å². The average Bonchev–Trinajstić information content (AvgIpc) is 2.82. The zero-order chi connectivity index (χ0) is 21.0. The Morgan fingerprint density at radius 2 is 1.45 bits per heavy atom. The number of fused-ring (bicyclic) bond motifs is 2. The highest BCUT2D eigenvalue weighted by Gasteiger charge is 2.05. The molecule has 0 saturated carbocycles. The molecule has 5 aromatic rings. The summed E-state index contributed by atoms with van der Waals surface area (Å²) in [4.78, 5) is 22.6. The molecule has 0 aliphatic heterocycles. The van der Waals surface area contributed by atoms with Crippen LogP contribution >= 0.6 is 0 Å². The number of benzene rings is 3. The fraction of sp³-hybridized carbons (Fsp3) is 0.0769. The topological polar surface area (TPSA) is 53.4 Å². The summed E-state index contributed by atoms with van der Waals surface area (Å²) >= 11 is 0. The molecule has 2 aromatic heterocycles. The molecule has 0 aliphatic rings. The van der Waals surface area contributed by atoms with E-state index in [4.69, 9.17) is 9.57 Å². The molecule has 31 heavy (non-hydrogen) atoms. The molecule has 0 atom stereocenters. The highest BCUT2D eigenvalue weighted by Crippen LogP contribution is 2.17. The van der Waals surface area contributed by atoms with E-state index in [2.05, 4.69) is 11.1 Å². The van der Waals surface area contributed by atoms with Gasteiger partial charge in [-0.2, -0.15) is 0 Å². The Labute approximate surface area is 179 Å². The smallest absolute Gasteiger partial charge is 0.283 e. The van der Waals surface area contributed by atoms with Crippen LogP contribution in [0.3, 0.4) is 0 Å². The number of para-hydroxylation sites is 2. The minimum Gasteiger partial charge on any atom is -0.487 e. The van der Waals surface area contributed by atoms with Crippen LogP contribution in [0.15, 0.2) is 102 Å². The van der Waals surface area contributed by atoms with Crippen LogP contribution in [0.1, 0.15) is 11.3 Å². The van der Waals surface area contributed by atoms with Crippen molar-refractivity contribution in [2.24, 2.45) is 0 Å². The van der Waals surface area contributed by atoms with Crippen LogP contribution < -0.4 is 15.1 Å². The second-order valence-corrected chi connectivity index (χ2v) is 7.23. The number of hydrogen-bond donors (Lipinski definition) is 0. The van der Waals surface area contributed by atoms with Gasteiger partial charge in [0.2, 0.25) is 0 Å². The number of ether oxygens (including phenoxy) is 1. The molecule has 0 N–H and O–H groups in total. The lowest BCUT2D eigenvalue weighted by Gasteiger charge is -2.12. The van der Waals surface area contributed by atoms with Gasteiger partial charge >= 0.3 is 0 Å². The third-order valence-corrected chi connectivity index (χ3v) is 5.09. The molecule has 0 amide bonds. The van der Waals surface area contributed by atoms with Gasteiger partial charge in [-0.15, -0.1) is 4.73 Å². The maximum absolute atomic E-state index is 12.2. The van der Waals surface area contributed by atoms with Crippen LogP contribution in [-0.4, -0.2) is 9.71 Å². The normalized spacial score (nSPS) is 11.0. The predicted molar refractivity (Wildman–Crippen MR) is 121 cm³/mol.